The maximum Gasteiger partial charge on any atom is 0.358 e. The normalized spacial score (nSPS) is 11.4. The Kier molecular flexibility index (Phi) is 3.97. The van der Waals surface area contributed by atoms with Crippen molar-refractivity contribution in [1.82, 2.24) is 9.38 Å². The Labute approximate surface area is 138 Å². The highest BCUT2D eigenvalue weighted by atomic mass is 35.5. The van der Waals surface area contributed by atoms with E-state index in [-0.39, 0.29) is 22.2 Å². The summed E-state index contributed by atoms with van der Waals surface area (Å²) in [4.78, 5) is 15.2. The smallest absolute Gasteiger partial charge is 0.358 e. The third-order valence-electron chi connectivity index (χ3n) is 2.92. The number of carbonyl (C=O) groups is 1. The number of imidazole rings is 1. The zero-order valence-corrected chi connectivity index (χ0v) is 12.8. The molecule has 0 aliphatic rings. The fraction of sp³-hybridized carbons (Fsp3) is 0. The van der Waals surface area contributed by atoms with E-state index in [2.05, 4.69) is 15.2 Å². The average Bonchev–Trinajstić information content (AvgIpc) is 2.84. The number of carboxylic acids is 1. The molecule has 9 heteroatoms. The van der Waals surface area contributed by atoms with E-state index in [0.717, 1.165) is 6.20 Å². The molecule has 1 N–H and O–H groups in total. The number of halogens is 3. The van der Waals surface area contributed by atoms with Crippen molar-refractivity contribution in [2.75, 3.05) is 0 Å². The standard InChI is InChI=1S/C14H7Cl2FN4O2/c15-7-1-3-10(9(16)5-7)19-20-13-12(14(22)23)18-11-4-2-8(17)6-21(11)13/h1-6H,(H,22,23). The predicted molar refractivity (Wildman–Crippen MR) is 82.7 cm³/mol. The summed E-state index contributed by atoms with van der Waals surface area (Å²) in [6.07, 6.45) is 1.08. The number of hydrogen-bond donors (Lipinski definition) is 1. The summed E-state index contributed by atoms with van der Waals surface area (Å²) < 4.78 is 14.6. The molecule has 23 heavy (non-hydrogen) atoms. The topological polar surface area (TPSA) is 79.3 Å². The molecule has 3 aromatic rings. The molecule has 6 nitrogen and oxygen atoms in total. The van der Waals surface area contributed by atoms with Crippen LogP contribution in [0.1, 0.15) is 10.5 Å². The van der Waals surface area contributed by atoms with Crippen LogP contribution >= 0.6 is 23.2 Å². The van der Waals surface area contributed by atoms with Gasteiger partial charge in [-0.2, -0.15) is 0 Å². The number of rotatable bonds is 3. The van der Waals surface area contributed by atoms with Gasteiger partial charge < -0.3 is 5.11 Å². The predicted octanol–water partition coefficient (Wildman–Crippen LogP) is 4.89. The number of azo groups is 1. The Balaban J connectivity index is 2.14. The Morgan fingerprint density at radius 3 is 2.70 bits per heavy atom. The van der Waals surface area contributed by atoms with Crippen molar-refractivity contribution < 1.29 is 14.3 Å². The molecule has 0 spiro atoms. The van der Waals surface area contributed by atoms with Crippen LogP contribution in [-0.4, -0.2) is 20.5 Å². The van der Waals surface area contributed by atoms with Gasteiger partial charge in [-0.1, -0.05) is 23.2 Å². The molecular weight excluding hydrogens is 346 g/mol. The van der Waals surface area contributed by atoms with E-state index < -0.39 is 11.8 Å². The van der Waals surface area contributed by atoms with Gasteiger partial charge in [0.15, 0.2) is 11.5 Å². The zero-order chi connectivity index (χ0) is 16.6. The molecule has 0 saturated carbocycles. The van der Waals surface area contributed by atoms with Gasteiger partial charge in [0.05, 0.1) is 5.02 Å². The molecule has 2 heterocycles. The minimum Gasteiger partial charge on any atom is -0.476 e. The molecule has 0 atom stereocenters. The quantitative estimate of drug-likeness (QED) is 0.681. The maximum absolute atomic E-state index is 13.4. The van der Waals surface area contributed by atoms with E-state index in [1.807, 2.05) is 0 Å². The Hall–Kier alpha value is -2.51. The molecule has 0 amide bonds. The van der Waals surface area contributed by atoms with Crippen LogP contribution in [0.15, 0.2) is 46.8 Å². The first kappa shape index (κ1) is 15.4. The third kappa shape index (κ3) is 3.01. The molecule has 1 aromatic carbocycles. The van der Waals surface area contributed by atoms with Gasteiger partial charge in [0.25, 0.3) is 0 Å². The van der Waals surface area contributed by atoms with Crippen molar-refractivity contribution in [3.8, 4) is 0 Å². The minimum atomic E-state index is -1.30. The summed E-state index contributed by atoms with van der Waals surface area (Å²) in [6, 6.07) is 7.08. The zero-order valence-electron chi connectivity index (χ0n) is 11.2. The summed E-state index contributed by atoms with van der Waals surface area (Å²) in [5.41, 5.74) is 0.183. The van der Waals surface area contributed by atoms with E-state index in [0.29, 0.717) is 10.7 Å². The van der Waals surface area contributed by atoms with Crippen LogP contribution < -0.4 is 0 Å². The highest BCUT2D eigenvalue weighted by molar-refractivity contribution is 6.36. The van der Waals surface area contributed by atoms with Crippen molar-refractivity contribution >= 4 is 46.3 Å². The van der Waals surface area contributed by atoms with Gasteiger partial charge in [-0.05, 0) is 30.3 Å². The summed E-state index contributed by atoms with van der Waals surface area (Å²) in [6.45, 7) is 0. The second-order valence-corrected chi connectivity index (χ2v) is 5.30. The van der Waals surface area contributed by atoms with Crippen LogP contribution in [0.25, 0.3) is 5.65 Å². The average molecular weight is 353 g/mol. The van der Waals surface area contributed by atoms with E-state index >= 15 is 0 Å². The summed E-state index contributed by atoms with van der Waals surface area (Å²) in [5.74, 6) is -1.98. The van der Waals surface area contributed by atoms with Gasteiger partial charge in [-0.15, -0.1) is 10.2 Å². The van der Waals surface area contributed by atoms with Crippen LogP contribution in [0, 0.1) is 5.82 Å². The highest BCUT2D eigenvalue weighted by Crippen LogP contribution is 2.30. The summed E-state index contributed by atoms with van der Waals surface area (Å²) in [5, 5.41) is 17.7. The van der Waals surface area contributed by atoms with Gasteiger partial charge in [0.2, 0.25) is 0 Å². The maximum atomic E-state index is 13.4. The Bertz CT molecular complexity index is 955. The molecule has 116 valence electrons. The molecule has 3 rings (SSSR count). The number of carboxylic acid groups (broad SMARTS) is 1. The number of pyridine rings is 1. The van der Waals surface area contributed by atoms with E-state index in [1.165, 1.54) is 28.7 Å². The van der Waals surface area contributed by atoms with Crippen LogP contribution in [0.2, 0.25) is 10.0 Å². The van der Waals surface area contributed by atoms with Gasteiger partial charge in [-0.25, -0.2) is 14.2 Å². The molecular formula is C14H7Cl2FN4O2. The first-order chi connectivity index (χ1) is 11.0. The molecule has 0 aliphatic heterocycles. The van der Waals surface area contributed by atoms with Gasteiger partial charge in [-0.3, -0.25) is 4.40 Å². The van der Waals surface area contributed by atoms with E-state index in [9.17, 15) is 14.3 Å². The lowest BCUT2D eigenvalue weighted by molar-refractivity contribution is 0.0692. The molecule has 0 fully saturated rings. The number of aromatic nitrogens is 2. The summed E-state index contributed by atoms with van der Waals surface area (Å²) in [7, 11) is 0. The van der Waals surface area contributed by atoms with Crippen LogP contribution in [0.4, 0.5) is 15.9 Å². The van der Waals surface area contributed by atoms with Gasteiger partial charge in [0, 0.05) is 11.2 Å². The lowest BCUT2D eigenvalue weighted by Crippen LogP contribution is -1.96. The van der Waals surface area contributed by atoms with Crippen molar-refractivity contribution in [3.63, 3.8) is 0 Å². The first-order valence-electron chi connectivity index (χ1n) is 6.23. The monoisotopic (exact) mass is 352 g/mol. The van der Waals surface area contributed by atoms with Gasteiger partial charge >= 0.3 is 5.97 Å². The van der Waals surface area contributed by atoms with Crippen molar-refractivity contribution in [2.24, 2.45) is 10.2 Å². The number of aromatic carboxylic acids is 1. The Morgan fingerprint density at radius 2 is 2.00 bits per heavy atom. The SMILES string of the molecule is O=C(O)c1nc2ccc(F)cn2c1N=Nc1ccc(Cl)cc1Cl. The summed E-state index contributed by atoms with van der Waals surface area (Å²) >= 11 is 11.8. The second-order valence-electron chi connectivity index (χ2n) is 4.46. The fourth-order valence-electron chi connectivity index (χ4n) is 1.91. The minimum absolute atomic E-state index is 0.113. The first-order valence-corrected chi connectivity index (χ1v) is 6.99. The van der Waals surface area contributed by atoms with Crippen LogP contribution in [0.3, 0.4) is 0 Å². The van der Waals surface area contributed by atoms with E-state index in [1.54, 1.807) is 6.07 Å². The number of benzene rings is 1. The fourth-order valence-corrected chi connectivity index (χ4v) is 2.36. The van der Waals surface area contributed by atoms with E-state index in [4.69, 9.17) is 23.2 Å². The number of fused-ring (bicyclic) bond motifs is 1. The molecule has 0 unspecified atom stereocenters. The van der Waals surface area contributed by atoms with Crippen LogP contribution in [-0.2, 0) is 0 Å². The molecule has 0 bridgehead atoms. The van der Waals surface area contributed by atoms with Crippen molar-refractivity contribution in [1.29, 1.82) is 0 Å². The second kappa shape index (κ2) is 5.94. The Morgan fingerprint density at radius 1 is 1.22 bits per heavy atom. The van der Waals surface area contributed by atoms with Gasteiger partial charge in [0.1, 0.15) is 17.2 Å². The van der Waals surface area contributed by atoms with Crippen LogP contribution in [0.5, 0.6) is 0 Å². The highest BCUT2D eigenvalue weighted by Gasteiger charge is 2.18. The molecule has 2 aromatic heterocycles. The molecule has 0 radical (unpaired) electrons. The van der Waals surface area contributed by atoms with Crippen molar-refractivity contribution in [3.05, 3.63) is 58.1 Å². The number of hydrogen-bond acceptors (Lipinski definition) is 4. The van der Waals surface area contributed by atoms with Crippen molar-refractivity contribution in [2.45, 2.75) is 0 Å². The third-order valence-corrected chi connectivity index (χ3v) is 3.46. The molecule has 0 saturated heterocycles. The lowest BCUT2D eigenvalue weighted by atomic mass is 10.3. The molecule has 0 aliphatic carbocycles. The lowest BCUT2D eigenvalue weighted by Gasteiger charge is -1.99. The number of nitrogens with zero attached hydrogens (tertiary/aromatic N) is 4. The largest absolute Gasteiger partial charge is 0.476 e.